The van der Waals surface area contributed by atoms with Crippen LogP contribution in [0.15, 0.2) is 24.3 Å². The second kappa shape index (κ2) is 10.6. The molecule has 3 unspecified atom stereocenters. The summed E-state index contributed by atoms with van der Waals surface area (Å²) in [6, 6.07) is 0. The summed E-state index contributed by atoms with van der Waals surface area (Å²) < 4.78 is 0. The minimum Gasteiger partial charge on any atom is -0.481 e. The highest BCUT2D eigenvalue weighted by atomic mass is 16.4. The van der Waals surface area contributed by atoms with E-state index in [9.17, 15) is 20.1 Å². The van der Waals surface area contributed by atoms with Gasteiger partial charge >= 0.3 is 5.97 Å². The highest BCUT2D eigenvalue weighted by Gasteiger charge is 2.39. The van der Waals surface area contributed by atoms with Gasteiger partial charge in [-0.3, -0.25) is 4.79 Å². The van der Waals surface area contributed by atoms with Gasteiger partial charge in [-0.15, -0.1) is 0 Å². The molecule has 0 spiro atoms. The molecule has 5 heteroatoms. The van der Waals surface area contributed by atoms with Gasteiger partial charge in [0.1, 0.15) is 0 Å². The zero-order valence-corrected chi connectivity index (χ0v) is 13.8. The van der Waals surface area contributed by atoms with Crippen LogP contribution in [0.3, 0.4) is 0 Å². The number of hydrogen-bond acceptors (Lipinski definition) is 4. The van der Waals surface area contributed by atoms with Crippen molar-refractivity contribution in [1.29, 1.82) is 0 Å². The van der Waals surface area contributed by atoms with Crippen LogP contribution < -0.4 is 0 Å². The molecule has 1 fully saturated rings. The summed E-state index contributed by atoms with van der Waals surface area (Å²) in [4.78, 5) is 10.5. The highest BCUT2D eigenvalue weighted by molar-refractivity contribution is 5.68. The number of carboxylic acid groups (broad SMARTS) is 1. The number of carbonyl (C=O) groups is 1. The molecule has 0 bridgehead atoms. The van der Waals surface area contributed by atoms with Crippen molar-refractivity contribution < 1.29 is 25.2 Å². The Morgan fingerprint density at radius 3 is 2.61 bits per heavy atom. The Morgan fingerprint density at radius 2 is 1.96 bits per heavy atom. The first-order valence-corrected chi connectivity index (χ1v) is 8.55. The molecule has 4 N–H and O–H groups in total. The van der Waals surface area contributed by atoms with Gasteiger partial charge in [-0.05, 0) is 18.8 Å². The van der Waals surface area contributed by atoms with Gasteiger partial charge in [0, 0.05) is 12.3 Å². The summed E-state index contributed by atoms with van der Waals surface area (Å²) >= 11 is 0. The Bertz CT molecular complexity index is 404. The zero-order valence-electron chi connectivity index (χ0n) is 13.8. The SMILES string of the molecule is CCCCCC(O)/C=C/[C@@H]1C(C/C=C\CC(=O)O)C(O)C[C@@H]1O. The van der Waals surface area contributed by atoms with Crippen molar-refractivity contribution in [1.82, 2.24) is 0 Å². The number of aliphatic carboxylic acids is 1. The van der Waals surface area contributed by atoms with Crippen LogP contribution in [0.1, 0.15) is 51.9 Å². The molecule has 5 nitrogen and oxygen atoms in total. The molecule has 0 heterocycles. The van der Waals surface area contributed by atoms with Gasteiger partial charge in [0.25, 0.3) is 0 Å². The second-order valence-electron chi connectivity index (χ2n) is 6.36. The quantitative estimate of drug-likeness (QED) is 0.365. The maximum absolute atomic E-state index is 10.5. The number of aliphatic hydroxyl groups is 3. The Hall–Kier alpha value is -1.17. The maximum atomic E-state index is 10.5. The molecular formula is C18H30O5. The topological polar surface area (TPSA) is 98.0 Å². The van der Waals surface area contributed by atoms with E-state index >= 15 is 0 Å². The monoisotopic (exact) mass is 326 g/mol. The third-order valence-corrected chi connectivity index (χ3v) is 4.44. The first-order valence-electron chi connectivity index (χ1n) is 8.55. The fraction of sp³-hybridized carbons (Fsp3) is 0.722. The fourth-order valence-electron chi connectivity index (χ4n) is 3.10. The molecule has 1 aliphatic rings. The van der Waals surface area contributed by atoms with Gasteiger partial charge in [-0.25, -0.2) is 0 Å². The molecule has 1 saturated carbocycles. The lowest BCUT2D eigenvalue weighted by molar-refractivity contribution is -0.136. The van der Waals surface area contributed by atoms with E-state index in [1.165, 1.54) is 0 Å². The molecule has 0 saturated heterocycles. The van der Waals surface area contributed by atoms with Crippen molar-refractivity contribution in [3.8, 4) is 0 Å². The van der Waals surface area contributed by atoms with Crippen molar-refractivity contribution >= 4 is 5.97 Å². The van der Waals surface area contributed by atoms with Crippen molar-refractivity contribution in [2.75, 3.05) is 0 Å². The lowest BCUT2D eigenvalue weighted by atomic mass is 9.89. The van der Waals surface area contributed by atoms with E-state index in [2.05, 4.69) is 6.92 Å². The van der Waals surface area contributed by atoms with E-state index in [0.29, 0.717) is 19.3 Å². The van der Waals surface area contributed by atoms with Crippen LogP contribution in [0.25, 0.3) is 0 Å². The smallest absolute Gasteiger partial charge is 0.307 e. The summed E-state index contributed by atoms with van der Waals surface area (Å²) in [7, 11) is 0. The van der Waals surface area contributed by atoms with Crippen LogP contribution >= 0.6 is 0 Å². The normalized spacial score (nSPS) is 29.6. The molecule has 132 valence electrons. The van der Waals surface area contributed by atoms with E-state index in [1.807, 2.05) is 6.08 Å². The average molecular weight is 326 g/mol. The maximum Gasteiger partial charge on any atom is 0.307 e. The van der Waals surface area contributed by atoms with Gasteiger partial charge in [-0.2, -0.15) is 0 Å². The predicted octanol–water partition coefficient (Wildman–Crippen LogP) is 2.26. The van der Waals surface area contributed by atoms with Crippen LogP contribution in [0, 0.1) is 11.8 Å². The number of unbranched alkanes of at least 4 members (excludes halogenated alkanes) is 2. The lowest BCUT2D eigenvalue weighted by Crippen LogP contribution is -2.20. The summed E-state index contributed by atoms with van der Waals surface area (Å²) in [5.41, 5.74) is 0. The zero-order chi connectivity index (χ0) is 17.2. The van der Waals surface area contributed by atoms with Crippen molar-refractivity contribution in [2.24, 2.45) is 11.8 Å². The summed E-state index contributed by atoms with van der Waals surface area (Å²) in [5, 5.41) is 38.7. The predicted molar refractivity (Wildman–Crippen MR) is 88.9 cm³/mol. The van der Waals surface area contributed by atoms with Gasteiger partial charge < -0.3 is 20.4 Å². The molecule has 0 aromatic heterocycles. The largest absolute Gasteiger partial charge is 0.481 e. The fourth-order valence-corrected chi connectivity index (χ4v) is 3.10. The molecule has 0 aromatic rings. The Morgan fingerprint density at radius 1 is 1.22 bits per heavy atom. The molecule has 1 aliphatic carbocycles. The molecule has 23 heavy (non-hydrogen) atoms. The van der Waals surface area contributed by atoms with Crippen LogP contribution in [-0.4, -0.2) is 44.7 Å². The van der Waals surface area contributed by atoms with E-state index < -0.39 is 24.3 Å². The molecule has 5 atom stereocenters. The van der Waals surface area contributed by atoms with Crippen LogP contribution in [0.2, 0.25) is 0 Å². The first-order chi connectivity index (χ1) is 11.0. The standard InChI is InChI=1S/C18H30O5/c1-2-3-4-7-13(19)10-11-15-14(16(20)12-17(15)21)8-5-6-9-18(22)23/h5-6,10-11,13-17,19-21H,2-4,7-9,12H2,1H3,(H,22,23)/b6-5-,11-10+/t13?,14?,15-,16?,17+/m1/s1. The van der Waals surface area contributed by atoms with E-state index in [0.717, 1.165) is 19.3 Å². The first kappa shape index (κ1) is 19.9. The molecule has 1 rings (SSSR count). The summed E-state index contributed by atoms with van der Waals surface area (Å²) in [6.45, 7) is 2.11. The Labute approximate surface area is 138 Å². The molecular weight excluding hydrogens is 296 g/mol. The number of aliphatic hydroxyl groups excluding tert-OH is 3. The van der Waals surface area contributed by atoms with Crippen molar-refractivity contribution in [3.63, 3.8) is 0 Å². The summed E-state index contributed by atoms with van der Waals surface area (Å²) in [6.07, 6.45) is 9.77. The van der Waals surface area contributed by atoms with Crippen LogP contribution in [0.4, 0.5) is 0 Å². The van der Waals surface area contributed by atoms with Crippen molar-refractivity contribution in [3.05, 3.63) is 24.3 Å². The molecule has 0 radical (unpaired) electrons. The number of allylic oxidation sites excluding steroid dienone is 1. The van der Waals surface area contributed by atoms with Gasteiger partial charge in [0.2, 0.25) is 0 Å². The van der Waals surface area contributed by atoms with Gasteiger partial charge in [0.05, 0.1) is 24.7 Å². The lowest BCUT2D eigenvalue weighted by Gasteiger charge is -2.19. The number of rotatable bonds is 10. The average Bonchev–Trinajstić information content (AvgIpc) is 2.75. The Kier molecular flexibility index (Phi) is 9.14. The molecule has 0 amide bonds. The third kappa shape index (κ3) is 7.29. The third-order valence-electron chi connectivity index (χ3n) is 4.44. The summed E-state index contributed by atoms with van der Waals surface area (Å²) in [5.74, 6) is -1.24. The van der Waals surface area contributed by atoms with Crippen LogP contribution in [0.5, 0.6) is 0 Å². The number of carboxylic acids is 1. The van der Waals surface area contributed by atoms with E-state index in [-0.39, 0.29) is 18.3 Å². The highest BCUT2D eigenvalue weighted by Crippen LogP contribution is 2.36. The molecule has 0 aliphatic heterocycles. The molecule has 0 aromatic carbocycles. The minimum atomic E-state index is -0.889. The van der Waals surface area contributed by atoms with Crippen LogP contribution in [-0.2, 0) is 4.79 Å². The van der Waals surface area contributed by atoms with Crippen molar-refractivity contribution in [2.45, 2.75) is 70.2 Å². The Balaban J connectivity index is 2.54. The van der Waals surface area contributed by atoms with Gasteiger partial charge in [-0.1, -0.05) is 50.5 Å². The minimum absolute atomic E-state index is 0.0397. The van der Waals surface area contributed by atoms with E-state index in [4.69, 9.17) is 5.11 Å². The van der Waals surface area contributed by atoms with Gasteiger partial charge in [0.15, 0.2) is 0 Å². The van der Waals surface area contributed by atoms with E-state index in [1.54, 1.807) is 18.2 Å². The second-order valence-corrected chi connectivity index (χ2v) is 6.36. The number of hydrogen-bond donors (Lipinski definition) is 4.